The van der Waals surface area contributed by atoms with Crippen LogP contribution in [0.15, 0.2) is 0 Å². The van der Waals surface area contributed by atoms with Gasteiger partial charge in [-0.15, -0.1) is 0 Å². The summed E-state index contributed by atoms with van der Waals surface area (Å²) in [6.07, 6.45) is -0.764. The first kappa shape index (κ1) is 7.86. The minimum Gasteiger partial charge on any atom is -0.465 e. The van der Waals surface area contributed by atoms with Crippen LogP contribution in [-0.4, -0.2) is 54.2 Å². The summed E-state index contributed by atoms with van der Waals surface area (Å²) in [6.45, 7) is 1.48. The molecule has 68 valence electrons. The fourth-order valence-corrected chi connectivity index (χ4v) is 2.42. The van der Waals surface area contributed by atoms with Gasteiger partial charge in [0, 0.05) is 19.1 Å². The first-order valence-electron chi connectivity index (χ1n) is 4.25. The van der Waals surface area contributed by atoms with Crippen molar-refractivity contribution in [3.8, 4) is 0 Å². The van der Waals surface area contributed by atoms with Crippen molar-refractivity contribution >= 4 is 6.09 Å². The lowest BCUT2D eigenvalue weighted by Gasteiger charge is -2.18. The van der Waals surface area contributed by atoms with Crippen molar-refractivity contribution in [3.05, 3.63) is 0 Å². The number of fused-ring (bicyclic) bond motifs is 1. The molecule has 1 saturated carbocycles. The van der Waals surface area contributed by atoms with Crippen molar-refractivity contribution in [2.24, 2.45) is 11.8 Å². The van der Waals surface area contributed by atoms with Crippen molar-refractivity contribution < 1.29 is 9.90 Å². The molecule has 4 heteroatoms. The third kappa shape index (κ3) is 0.982. The lowest BCUT2D eigenvalue weighted by molar-refractivity contribution is 0.145. The largest absolute Gasteiger partial charge is 0.465 e. The molecule has 2 fully saturated rings. The molecule has 2 unspecified atom stereocenters. The Kier molecular flexibility index (Phi) is 1.54. The maximum atomic E-state index is 10.6. The van der Waals surface area contributed by atoms with Crippen LogP contribution in [0, 0.1) is 11.8 Å². The van der Waals surface area contributed by atoms with E-state index < -0.39 is 6.09 Å². The highest BCUT2D eigenvalue weighted by Gasteiger charge is 2.57. The number of hydrogen-bond acceptors (Lipinski definition) is 2. The van der Waals surface area contributed by atoms with E-state index in [-0.39, 0.29) is 0 Å². The molecule has 0 radical (unpaired) electrons. The molecule has 0 spiro atoms. The van der Waals surface area contributed by atoms with Crippen LogP contribution in [0.2, 0.25) is 0 Å². The number of carbonyl (C=O) groups is 1. The number of piperidine rings is 1. The average molecular weight is 170 g/mol. The Balaban J connectivity index is 1.90. The van der Waals surface area contributed by atoms with Gasteiger partial charge >= 0.3 is 6.09 Å². The highest BCUT2D eigenvalue weighted by molar-refractivity contribution is 5.65. The van der Waals surface area contributed by atoms with Crippen LogP contribution in [0.1, 0.15) is 0 Å². The molecule has 1 heterocycles. The van der Waals surface area contributed by atoms with Gasteiger partial charge < -0.3 is 14.9 Å². The van der Waals surface area contributed by atoms with Crippen molar-refractivity contribution in [3.63, 3.8) is 0 Å². The molecule has 1 saturated heterocycles. The molecule has 12 heavy (non-hydrogen) atoms. The predicted octanol–water partition coefficient (Wildman–Crippen LogP) is 0.156. The molecule has 4 nitrogen and oxygen atoms in total. The van der Waals surface area contributed by atoms with Crippen molar-refractivity contribution in [2.75, 3.05) is 27.2 Å². The Morgan fingerprint density at radius 3 is 2.25 bits per heavy atom. The fourth-order valence-electron chi connectivity index (χ4n) is 2.42. The average Bonchev–Trinajstić information content (AvgIpc) is 2.48. The van der Waals surface area contributed by atoms with Crippen molar-refractivity contribution in [2.45, 2.75) is 6.04 Å². The predicted molar refractivity (Wildman–Crippen MR) is 44.1 cm³/mol. The van der Waals surface area contributed by atoms with E-state index in [9.17, 15) is 4.79 Å². The van der Waals surface area contributed by atoms with Gasteiger partial charge in [-0.3, -0.25) is 0 Å². The van der Waals surface area contributed by atoms with Crippen LogP contribution in [0.4, 0.5) is 4.79 Å². The Morgan fingerprint density at radius 2 is 1.92 bits per heavy atom. The number of nitrogens with zero attached hydrogens (tertiary/aromatic N) is 2. The molecular formula is C8H14N2O2. The summed E-state index contributed by atoms with van der Waals surface area (Å²) >= 11 is 0. The van der Waals surface area contributed by atoms with E-state index in [1.165, 1.54) is 4.90 Å². The third-order valence-corrected chi connectivity index (χ3v) is 3.02. The number of amides is 1. The van der Waals surface area contributed by atoms with Crippen LogP contribution in [0.3, 0.4) is 0 Å². The van der Waals surface area contributed by atoms with Gasteiger partial charge in [0.25, 0.3) is 0 Å². The molecule has 0 aromatic heterocycles. The maximum absolute atomic E-state index is 10.6. The molecule has 2 atom stereocenters. The monoisotopic (exact) mass is 170 g/mol. The molecule has 2 aliphatic rings. The van der Waals surface area contributed by atoms with E-state index in [4.69, 9.17) is 5.11 Å². The maximum Gasteiger partial charge on any atom is 0.407 e. The smallest absolute Gasteiger partial charge is 0.407 e. The summed E-state index contributed by atoms with van der Waals surface area (Å²) in [5.41, 5.74) is 0. The Hall–Kier alpha value is -0.770. The van der Waals surface area contributed by atoms with E-state index in [0.717, 1.165) is 13.1 Å². The van der Waals surface area contributed by atoms with Crippen LogP contribution in [0.5, 0.6) is 0 Å². The van der Waals surface area contributed by atoms with Gasteiger partial charge in [-0.25, -0.2) is 4.79 Å². The second-order valence-corrected chi connectivity index (χ2v) is 3.97. The summed E-state index contributed by atoms with van der Waals surface area (Å²) < 4.78 is 0. The van der Waals surface area contributed by atoms with Crippen LogP contribution >= 0.6 is 0 Å². The van der Waals surface area contributed by atoms with Gasteiger partial charge in [-0.2, -0.15) is 0 Å². The van der Waals surface area contributed by atoms with Gasteiger partial charge in [0.2, 0.25) is 0 Å². The zero-order valence-electron chi connectivity index (χ0n) is 7.40. The zero-order valence-corrected chi connectivity index (χ0v) is 7.40. The molecule has 0 aromatic rings. The minimum absolute atomic E-state index is 0.607. The second-order valence-electron chi connectivity index (χ2n) is 3.97. The first-order chi connectivity index (χ1) is 5.61. The quantitative estimate of drug-likeness (QED) is 0.609. The number of hydrogen-bond donors (Lipinski definition) is 1. The van der Waals surface area contributed by atoms with Crippen LogP contribution in [-0.2, 0) is 0 Å². The molecule has 1 aliphatic carbocycles. The summed E-state index contributed by atoms with van der Waals surface area (Å²) in [6, 6.07) is 0.639. The summed E-state index contributed by atoms with van der Waals surface area (Å²) in [5, 5.41) is 8.69. The van der Waals surface area contributed by atoms with E-state index in [2.05, 4.69) is 19.0 Å². The van der Waals surface area contributed by atoms with E-state index in [1.54, 1.807) is 0 Å². The van der Waals surface area contributed by atoms with Gasteiger partial charge in [-0.1, -0.05) is 0 Å². The molecule has 0 bridgehead atoms. The Morgan fingerprint density at radius 1 is 1.42 bits per heavy atom. The van der Waals surface area contributed by atoms with Crippen LogP contribution < -0.4 is 0 Å². The lowest BCUT2D eigenvalue weighted by atomic mass is 10.4. The minimum atomic E-state index is -0.764. The summed E-state index contributed by atoms with van der Waals surface area (Å²) in [5.74, 6) is 1.21. The van der Waals surface area contributed by atoms with Gasteiger partial charge in [0.05, 0.1) is 0 Å². The van der Waals surface area contributed by atoms with Gasteiger partial charge in [0.15, 0.2) is 0 Å². The molecule has 1 N–H and O–H groups in total. The number of rotatable bonds is 1. The molecule has 1 aliphatic heterocycles. The number of carboxylic acid groups (broad SMARTS) is 1. The molecular weight excluding hydrogens is 156 g/mol. The van der Waals surface area contributed by atoms with Crippen molar-refractivity contribution in [1.82, 2.24) is 9.80 Å². The topological polar surface area (TPSA) is 43.8 Å². The second kappa shape index (κ2) is 2.36. The SMILES string of the molecule is CN(C)C1C2CN(C(=O)O)CC21. The molecule has 1 amide bonds. The normalized spacial score (nSPS) is 38.6. The standard InChI is InChI=1S/C8H14N2O2/c1-9(2)7-5-3-10(8(11)12)4-6(5)7/h5-7H,3-4H2,1-2H3,(H,11,12). The van der Waals surface area contributed by atoms with Crippen molar-refractivity contribution in [1.29, 1.82) is 0 Å². The van der Waals surface area contributed by atoms with Crippen LogP contribution in [0.25, 0.3) is 0 Å². The highest BCUT2D eigenvalue weighted by atomic mass is 16.4. The summed E-state index contributed by atoms with van der Waals surface area (Å²) in [4.78, 5) is 14.3. The summed E-state index contributed by atoms with van der Waals surface area (Å²) in [7, 11) is 4.13. The third-order valence-electron chi connectivity index (χ3n) is 3.02. The van der Waals surface area contributed by atoms with E-state index >= 15 is 0 Å². The van der Waals surface area contributed by atoms with E-state index in [0.29, 0.717) is 17.9 Å². The molecule has 0 aromatic carbocycles. The number of likely N-dealkylation sites (tertiary alicyclic amines) is 1. The zero-order chi connectivity index (χ0) is 8.88. The Bertz CT molecular complexity index is 205. The molecule has 2 rings (SSSR count). The van der Waals surface area contributed by atoms with Gasteiger partial charge in [-0.05, 0) is 25.9 Å². The lowest BCUT2D eigenvalue weighted by Crippen LogP contribution is -2.34. The fraction of sp³-hybridized carbons (Fsp3) is 0.875. The highest BCUT2D eigenvalue weighted by Crippen LogP contribution is 2.47. The Labute approximate surface area is 71.8 Å². The van der Waals surface area contributed by atoms with Gasteiger partial charge in [0.1, 0.15) is 0 Å². The van der Waals surface area contributed by atoms with E-state index in [1.807, 2.05) is 0 Å². The first-order valence-corrected chi connectivity index (χ1v) is 4.25.